The number of hydrogen-bond donors (Lipinski definition) is 1. The molecule has 0 aliphatic rings. The number of ether oxygens (including phenoxy) is 1. The van der Waals surface area contributed by atoms with Crippen LogP contribution in [0.3, 0.4) is 0 Å². The van der Waals surface area contributed by atoms with Crippen LogP contribution in [-0.4, -0.2) is 32.5 Å². The lowest BCUT2D eigenvalue weighted by atomic mass is 10.0. The number of esters is 1. The summed E-state index contributed by atoms with van der Waals surface area (Å²) in [5, 5.41) is -0.739. The highest BCUT2D eigenvalue weighted by atomic mass is 32.2. The van der Waals surface area contributed by atoms with E-state index >= 15 is 0 Å². The van der Waals surface area contributed by atoms with Crippen LogP contribution in [0.15, 0.2) is 23.4 Å². The standard InChI is InChI=1S/C12H17FN2O4S/c1-4-8(2)10(12(16)19-3)15-20(17,18)11-9(13)6-5-7-14-11/h5-8,10,15H,4H2,1-3H3. The quantitative estimate of drug-likeness (QED) is 0.795. The van der Waals surface area contributed by atoms with Gasteiger partial charge in [-0.15, -0.1) is 0 Å². The van der Waals surface area contributed by atoms with Crippen LogP contribution in [0.5, 0.6) is 0 Å². The molecule has 1 N–H and O–H groups in total. The predicted molar refractivity (Wildman–Crippen MR) is 69.8 cm³/mol. The first-order chi connectivity index (χ1) is 9.33. The van der Waals surface area contributed by atoms with Crippen molar-refractivity contribution in [3.05, 3.63) is 24.1 Å². The summed E-state index contributed by atoms with van der Waals surface area (Å²) in [7, 11) is -3.08. The van der Waals surface area contributed by atoms with E-state index < -0.39 is 32.9 Å². The highest BCUT2D eigenvalue weighted by molar-refractivity contribution is 7.89. The van der Waals surface area contributed by atoms with Gasteiger partial charge in [0.15, 0.2) is 5.82 Å². The minimum atomic E-state index is -4.24. The van der Waals surface area contributed by atoms with E-state index in [1.165, 1.54) is 6.07 Å². The summed E-state index contributed by atoms with van der Waals surface area (Å²) >= 11 is 0. The Morgan fingerprint density at radius 2 is 2.20 bits per heavy atom. The summed E-state index contributed by atoms with van der Waals surface area (Å²) in [6.45, 7) is 3.50. The molecule has 8 heteroatoms. The third-order valence-corrected chi connectivity index (χ3v) is 4.30. The molecule has 0 aromatic carbocycles. The van der Waals surface area contributed by atoms with Crippen LogP contribution in [0.2, 0.25) is 0 Å². The fourth-order valence-corrected chi connectivity index (χ4v) is 2.85. The Bertz CT molecular complexity index is 577. The van der Waals surface area contributed by atoms with E-state index in [0.717, 1.165) is 19.4 Å². The largest absolute Gasteiger partial charge is 0.468 e. The number of nitrogens with zero attached hydrogens (tertiary/aromatic N) is 1. The van der Waals surface area contributed by atoms with Crippen molar-refractivity contribution in [2.24, 2.45) is 5.92 Å². The van der Waals surface area contributed by atoms with Gasteiger partial charge in [0.05, 0.1) is 7.11 Å². The molecule has 2 unspecified atom stereocenters. The molecule has 20 heavy (non-hydrogen) atoms. The number of aromatic nitrogens is 1. The zero-order valence-electron chi connectivity index (χ0n) is 11.5. The van der Waals surface area contributed by atoms with Gasteiger partial charge in [0.2, 0.25) is 5.03 Å². The molecular formula is C12H17FN2O4S. The van der Waals surface area contributed by atoms with Gasteiger partial charge < -0.3 is 4.74 Å². The van der Waals surface area contributed by atoms with Crippen LogP contribution in [0, 0.1) is 11.7 Å². The molecule has 0 radical (unpaired) electrons. The number of pyridine rings is 1. The molecule has 6 nitrogen and oxygen atoms in total. The minimum Gasteiger partial charge on any atom is -0.468 e. The van der Waals surface area contributed by atoms with Crippen molar-refractivity contribution in [1.82, 2.24) is 9.71 Å². The number of carbonyl (C=O) groups is 1. The number of rotatable bonds is 6. The molecule has 0 saturated carbocycles. The zero-order valence-corrected chi connectivity index (χ0v) is 12.3. The first-order valence-corrected chi connectivity index (χ1v) is 7.52. The molecule has 2 atom stereocenters. The third-order valence-electron chi connectivity index (χ3n) is 2.93. The number of sulfonamides is 1. The molecular weight excluding hydrogens is 287 g/mol. The van der Waals surface area contributed by atoms with E-state index in [1.54, 1.807) is 13.8 Å². The SMILES string of the molecule is CCC(C)C(NS(=O)(=O)c1ncccc1F)C(=O)OC. The van der Waals surface area contributed by atoms with Gasteiger partial charge in [-0.3, -0.25) is 4.79 Å². The lowest BCUT2D eigenvalue weighted by Gasteiger charge is -2.21. The van der Waals surface area contributed by atoms with E-state index in [9.17, 15) is 17.6 Å². The molecule has 0 saturated heterocycles. The van der Waals surface area contributed by atoms with Crippen molar-refractivity contribution in [3.8, 4) is 0 Å². The van der Waals surface area contributed by atoms with E-state index in [-0.39, 0.29) is 5.92 Å². The van der Waals surface area contributed by atoms with Crippen LogP contribution in [0.1, 0.15) is 20.3 Å². The summed E-state index contributed by atoms with van der Waals surface area (Å²) in [5.41, 5.74) is 0. The Hall–Kier alpha value is -1.54. The maximum Gasteiger partial charge on any atom is 0.324 e. The second-order valence-electron chi connectivity index (χ2n) is 4.30. The van der Waals surface area contributed by atoms with Gasteiger partial charge in [0, 0.05) is 6.20 Å². The Morgan fingerprint density at radius 3 is 2.70 bits per heavy atom. The molecule has 0 aliphatic heterocycles. The molecule has 1 heterocycles. The van der Waals surface area contributed by atoms with Gasteiger partial charge >= 0.3 is 5.97 Å². The van der Waals surface area contributed by atoms with E-state index in [0.29, 0.717) is 6.42 Å². The lowest BCUT2D eigenvalue weighted by molar-refractivity contribution is -0.143. The number of carbonyl (C=O) groups excluding carboxylic acids is 1. The first kappa shape index (κ1) is 16.5. The molecule has 1 rings (SSSR count). The van der Waals surface area contributed by atoms with Gasteiger partial charge in [0.1, 0.15) is 6.04 Å². The van der Waals surface area contributed by atoms with Crippen LogP contribution < -0.4 is 4.72 Å². The zero-order chi connectivity index (χ0) is 15.3. The molecule has 0 amide bonds. The molecule has 112 valence electrons. The Kier molecular flexibility index (Phi) is 5.58. The monoisotopic (exact) mass is 304 g/mol. The molecule has 0 spiro atoms. The van der Waals surface area contributed by atoms with Crippen LogP contribution in [-0.2, 0) is 19.6 Å². The maximum absolute atomic E-state index is 13.5. The van der Waals surface area contributed by atoms with E-state index in [2.05, 4.69) is 14.4 Å². The molecule has 0 aliphatic carbocycles. The number of nitrogens with one attached hydrogen (secondary N) is 1. The van der Waals surface area contributed by atoms with Crippen molar-refractivity contribution in [2.75, 3.05) is 7.11 Å². The lowest BCUT2D eigenvalue weighted by Crippen LogP contribution is -2.45. The molecule has 1 aromatic heterocycles. The second-order valence-corrected chi connectivity index (χ2v) is 5.93. The smallest absolute Gasteiger partial charge is 0.324 e. The minimum absolute atomic E-state index is 0.302. The van der Waals surface area contributed by atoms with Gasteiger partial charge in [-0.05, 0) is 18.1 Å². The maximum atomic E-state index is 13.5. The summed E-state index contributed by atoms with van der Waals surface area (Å²) in [6, 6.07) is 1.18. The highest BCUT2D eigenvalue weighted by Crippen LogP contribution is 2.15. The summed E-state index contributed by atoms with van der Waals surface area (Å²) in [5.74, 6) is -2.00. The van der Waals surface area contributed by atoms with Crippen molar-refractivity contribution < 1.29 is 22.3 Å². The average Bonchev–Trinajstić information content (AvgIpc) is 2.43. The third kappa shape index (κ3) is 3.73. The summed E-state index contributed by atoms with van der Waals surface area (Å²) < 4.78 is 44.4. The number of methoxy groups -OCH3 is 1. The van der Waals surface area contributed by atoms with Gasteiger partial charge in [0.25, 0.3) is 10.0 Å². The van der Waals surface area contributed by atoms with Crippen molar-refractivity contribution in [1.29, 1.82) is 0 Å². The predicted octanol–water partition coefficient (Wildman–Crippen LogP) is 1.09. The first-order valence-electron chi connectivity index (χ1n) is 6.04. The second kappa shape index (κ2) is 6.76. The van der Waals surface area contributed by atoms with Crippen LogP contribution >= 0.6 is 0 Å². The van der Waals surface area contributed by atoms with Gasteiger partial charge in [-0.1, -0.05) is 20.3 Å². The fraction of sp³-hybridized carbons (Fsp3) is 0.500. The van der Waals surface area contributed by atoms with E-state index in [1.807, 2.05) is 0 Å². The van der Waals surface area contributed by atoms with Gasteiger partial charge in [-0.25, -0.2) is 17.8 Å². The number of halogens is 1. The van der Waals surface area contributed by atoms with Crippen LogP contribution in [0.25, 0.3) is 0 Å². The Morgan fingerprint density at radius 1 is 1.55 bits per heavy atom. The van der Waals surface area contributed by atoms with E-state index in [4.69, 9.17) is 0 Å². The van der Waals surface area contributed by atoms with Gasteiger partial charge in [-0.2, -0.15) is 4.72 Å². The average molecular weight is 304 g/mol. The van der Waals surface area contributed by atoms with Crippen molar-refractivity contribution in [3.63, 3.8) is 0 Å². The number of hydrogen-bond acceptors (Lipinski definition) is 5. The highest BCUT2D eigenvalue weighted by Gasteiger charge is 2.32. The molecule has 0 fully saturated rings. The topological polar surface area (TPSA) is 85.4 Å². The Labute approximate surface area is 117 Å². The van der Waals surface area contributed by atoms with Crippen molar-refractivity contribution in [2.45, 2.75) is 31.3 Å². The van der Waals surface area contributed by atoms with Crippen LogP contribution in [0.4, 0.5) is 4.39 Å². The molecule has 1 aromatic rings. The normalized spacial score (nSPS) is 14.6. The fourth-order valence-electron chi connectivity index (χ4n) is 1.55. The summed E-state index contributed by atoms with van der Waals surface area (Å²) in [4.78, 5) is 15.1. The Balaban J connectivity index is 3.10. The molecule has 0 bridgehead atoms. The van der Waals surface area contributed by atoms with Crippen molar-refractivity contribution >= 4 is 16.0 Å². The summed E-state index contributed by atoms with van der Waals surface area (Å²) in [6.07, 6.45) is 1.71.